The Balaban J connectivity index is 3.04. The number of hydrogen-bond acceptors (Lipinski definition) is 6. The summed E-state index contributed by atoms with van der Waals surface area (Å²) in [5.74, 6) is -5.80. The first kappa shape index (κ1) is 14.9. The molecule has 0 atom stereocenters. The number of nitrogen functional groups attached to an aromatic ring is 1. The standard InChI is InChI=1S/C8H8F4N4O3/c1-3-4(16(17)18)5(15-7(13)14-3)19-2-8(11,12)6(9)10/h6H,2H2,1H3,(H2,13,14,15). The first-order valence-electron chi connectivity index (χ1n) is 4.72. The Labute approximate surface area is 103 Å². The zero-order valence-electron chi connectivity index (χ0n) is 9.44. The summed E-state index contributed by atoms with van der Waals surface area (Å²) in [4.78, 5) is 16.4. The number of nitrogens with zero attached hydrogens (tertiary/aromatic N) is 3. The second-order valence-electron chi connectivity index (χ2n) is 3.43. The van der Waals surface area contributed by atoms with Gasteiger partial charge in [-0.3, -0.25) is 10.1 Å². The molecule has 0 radical (unpaired) electrons. The van der Waals surface area contributed by atoms with Crippen LogP contribution in [0.5, 0.6) is 5.88 Å². The van der Waals surface area contributed by atoms with Crippen LogP contribution < -0.4 is 10.5 Å². The molecule has 11 heteroatoms. The second-order valence-corrected chi connectivity index (χ2v) is 3.43. The largest absolute Gasteiger partial charge is 0.466 e. The van der Waals surface area contributed by atoms with E-state index in [0.29, 0.717) is 0 Å². The van der Waals surface area contributed by atoms with Crippen LogP contribution in [0, 0.1) is 17.0 Å². The third kappa shape index (κ3) is 3.39. The van der Waals surface area contributed by atoms with Crippen molar-refractivity contribution in [3.8, 4) is 5.88 Å². The molecule has 0 aliphatic rings. The molecule has 0 aliphatic carbocycles. The van der Waals surface area contributed by atoms with Crippen LogP contribution in [0.1, 0.15) is 5.69 Å². The zero-order chi connectivity index (χ0) is 14.8. The lowest BCUT2D eigenvalue weighted by atomic mass is 10.3. The van der Waals surface area contributed by atoms with Gasteiger partial charge in [-0.15, -0.1) is 0 Å². The Morgan fingerprint density at radius 1 is 1.47 bits per heavy atom. The Morgan fingerprint density at radius 3 is 2.53 bits per heavy atom. The highest BCUT2D eigenvalue weighted by Crippen LogP contribution is 2.30. The topological polar surface area (TPSA) is 104 Å². The van der Waals surface area contributed by atoms with Crippen LogP contribution >= 0.6 is 0 Å². The van der Waals surface area contributed by atoms with E-state index in [0.717, 1.165) is 0 Å². The van der Waals surface area contributed by atoms with E-state index in [1.807, 2.05) is 0 Å². The molecule has 0 fully saturated rings. The van der Waals surface area contributed by atoms with Crippen molar-refractivity contribution >= 4 is 11.6 Å². The lowest BCUT2D eigenvalue weighted by Gasteiger charge is -2.15. The van der Waals surface area contributed by atoms with Crippen molar-refractivity contribution in [2.24, 2.45) is 0 Å². The predicted octanol–water partition coefficient (Wildman–Crippen LogP) is 1.55. The summed E-state index contributed by atoms with van der Waals surface area (Å²) in [5.41, 5.74) is 4.13. The maximum Gasteiger partial charge on any atom is 0.352 e. The van der Waals surface area contributed by atoms with Crippen molar-refractivity contribution in [3.05, 3.63) is 15.8 Å². The molecule has 0 aliphatic heterocycles. The number of nitrogens with two attached hydrogens (primary N) is 1. The van der Waals surface area contributed by atoms with E-state index < -0.39 is 41.4 Å². The molecule has 106 valence electrons. The molecule has 0 spiro atoms. The summed E-state index contributed by atoms with van der Waals surface area (Å²) in [7, 11) is 0. The molecular weight excluding hydrogens is 276 g/mol. The molecule has 0 aromatic carbocycles. The van der Waals surface area contributed by atoms with Crippen LogP contribution in [0.25, 0.3) is 0 Å². The summed E-state index contributed by atoms with van der Waals surface area (Å²) in [5, 5.41) is 10.7. The Kier molecular flexibility index (Phi) is 4.07. The fourth-order valence-electron chi connectivity index (χ4n) is 1.10. The van der Waals surface area contributed by atoms with Crippen LogP contribution in [0.2, 0.25) is 0 Å². The number of anilines is 1. The van der Waals surface area contributed by atoms with Crippen LogP contribution in [-0.4, -0.2) is 33.8 Å². The summed E-state index contributed by atoms with van der Waals surface area (Å²) in [6, 6.07) is 0. The summed E-state index contributed by atoms with van der Waals surface area (Å²) >= 11 is 0. The van der Waals surface area contributed by atoms with Gasteiger partial charge in [0.15, 0.2) is 6.61 Å². The van der Waals surface area contributed by atoms with Gasteiger partial charge in [-0.1, -0.05) is 0 Å². The van der Waals surface area contributed by atoms with E-state index in [-0.39, 0.29) is 5.69 Å². The third-order valence-electron chi connectivity index (χ3n) is 1.95. The fraction of sp³-hybridized carbons (Fsp3) is 0.500. The number of rotatable bonds is 5. The van der Waals surface area contributed by atoms with Gasteiger partial charge in [-0.2, -0.15) is 13.8 Å². The Hall–Kier alpha value is -2.20. The van der Waals surface area contributed by atoms with Crippen LogP contribution in [0.15, 0.2) is 0 Å². The highest BCUT2D eigenvalue weighted by atomic mass is 19.3. The van der Waals surface area contributed by atoms with Gasteiger partial charge in [0.05, 0.1) is 4.92 Å². The molecule has 0 saturated heterocycles. The van der Waals surface area contributed by atoms with Gasteiger partial charge < -0.3 is 10.5 Å². The van der Waals surface area contributed by atoms with Gasteiger partial charge in [0.25, 0.3) is 5.88 Å². The Morgan fingerprint density at radius 2 is 2.05 bits per heavy atom. The minimum atomic E-state index is -4.46. The molecule has 1 rings (SSSR count). The number of nitro groups is 1. The molecular formula is C8H8F4N4O3. The number of aromatic nitrogens is 2. The quantitative estimate of drug-likeness (QED) is 0.499. The van der Waals surface area contributed by atoms with E-state index in [9.17, 15) is 27.7 Å². The molecule has 0 saturated carbocycles. The summed E-state index contributed by atoms with van der Waals surface area (Å²) in [6.45, 7) is -0.588. The maximum atomic E-state index is 12.6. The van der Waals surface area contributed by atoms with E-state index in [1.165, 1.54) is 6.92 Å². The highest BCUT2D eigenvalue weighted by molar-refractivity contribution is 5.47. The summed E-state index contributed by atoms with van der Waals surface area (Å²) < 4.78 is 53.4. The number of hydrogen-bond donors (Lipinski definition) is 1. The molecule has 0 amide bonds. The van der Waals surface area contributed by atoms with Crippen LogP contribution in [0.3, 0.4) is 0 Å². The van der Waals surface area contributed by atoms with Crippen molar-refractivity contribution in [2.45, 2.75) is 19.3 Å². The molecule has 1 heterocycles. The SMILES string of the molecule is Cc1nc(N)nc(OCC(F)(F)C(F)F)c1[N+](=O)[O-]. The van der Waals surface area contributed by atoms with Crippen LogP contribution in [0.4, 0.5) is 29.2 Å². The molecule has 19 heavy (non-hydrogen) atoms. The van der Waals surface area contributed by atoms with Crippen molar-refractivity contribution in [3.63, 3.8) is 0 Å². The first-order chi connectivity index (χ1) is 8.65. The average Bonchev–Trinajstić information content (AvgIpc) is 2.24. The van der Waals surface area contributed by atoms with E-state index >= 15 is 0 Å². The lowest BCUT2D eigenvalue weighted by Crippen LogP contribution is -2.34. The van der Waals surface area contributed by atoms with Gasteiger partial charge >= 0.3 is 18.0 Å². The van der Waals surface area contributed by atoms with Crippen LogP contribution in [-0.2, 0) is 0 Å². The fourth-order valence-corrected chi connectivity index (χ4v) is 1.10. The van der Waals surface area contributed by atoms with E-state index in [4.69, 9.17) is 5.73 Å². The number of ether oxygens (including phenoxy) is 1. The molecule has 2 N–H and O–H groups in total. The highest BCUT2D eigenvalue weighted by Gasteiger charge is 2.42. The smallest absolute Gasteiger partial charge is 0.352 e. The average molecular weight is 284 g/mol. The Bertz CT molecular complexity index is 497. The monoisotopic (exact) mass is 284 g/mol. The third-order valence-corrected chi connectivity index (χ3v) is 1.95. The molecule has 1 aromatic rings. The van der Waals surface area contributed by atoms with Crippen molar-refractivity contribution in [1.29, 1.82) is 0 Å². The van der Waals surface area contributed by atoms with Crippen molar-refractivity contribution in [1.82, 2.24) is 9.97 Å². The second kappa shape index (κ2) is 5.20. The van der Waals surface area contributed by atoms with Gasteiger partial charge in [0.1, 0.15) is 5.69 Å². The van der Waals surface area contributed by atoms with Gasteiger partial charge in [0, 0.05) is 0 Å². The van der Waals surface area contributed by atoms with Gasteiger partial charge in [0.2, 0.25) is 5.95 Å². The molecule has 0 unspecified atom stereocenters. The van der Waals surface area contributed by atoms with Crippen molar-refractivity contribution in [2.75, 3.05) is 12.3 Å². The normalized spacial score (nSPS) is 11.7. The minimum Gasteiger partial charge on any atom is -0.466 e. The zero-order valence-corrected chi connectivity index (χ0v) is 9.44. The number of alkyl halides is 4. The van der Waals surface area contributed by atoms with Gasteiger partial charge in [-0.05, 0) is 6.92 Å². The predicted molar refractivity (Wildman–Crippen MR) is 54.3 cm³/mol. The summed E-state index contributed by atoms with van der Waals surface area (Å²) in [6.07, 6.45) is -3.97. The number of aryl methyl sites for hydroxylation is 1. The van der Waals surface area contributed by atoms with Crippen molar-refractivity contribution < 1.29 is 27.2 Å². The van der Waals surface area contributed by atoms with E-state index in [1.54, 1.807) is 0 Å². The lowest BCUT2D eigenvalue weighted by molar-refractivity contribution is -0.387. The van der Waals surface area contributed by atoms with Gasteiger partial charge in [-0.25, -0.2) is 13.8 Å². The molecule has 0 bridgehead atoms. The first-order valence-corrected chi connectivity index (χ1v) is 4.72. The maximum absolute atomic E-state index is 12.6. The number of halogens is 4. The minimum absolute atomic E-state index is 0.229. The molecule has 1 aromatic heterocycles. The molecule has 7 nitrogen and oxygen atoms in total. The van der Waals surface area contributed by atoms with E-state index in [2.05, 4.69) is 14.7 Å².